The van der Waals surface area contributed by atoms with Crippen LogP contribution in [0.1, 0.15) is 51.4 Å². The first-order chi connectivity index (χ1) is 14.4. The lowest BCUT2D eigenvalue weighted by Crippen LogP contribution is -2.35. The minimum Gasteiger partial charge on any atom is -0.493 e. The van der Waals surface area contributed by atoms with E-state index in [0.29, 0.717) is 28.2 Å². The van der Waals surface area contributed by atoms with Gasteiger partial charge in [-0.3, -0.25) is 19.3 Å². The first-order valence-electron chi connectivity index (χ1n) is 9.71. The third kappa shape index (κ3) is 3.43. The van der Waals surface area contributed by atoms with Gasteiger partial charge in [0.1, 0.15) is 5.76 Å². The van der Waals surface area contributed by atoms with Crippen LogP contribution in [0, 0.1) is 6.92 Å². The molecule has 0 fully saturated rings. The summed E-state index contributed by atoms with van der Waals surface area (Å²) in [5, 5.41) is 3.74. The van der Waals surface area contributed by atoms with Crippen molar-refractivity contribution in [1.29, 1.82) is 0 Å². The molecule has 7 nitrogen and oxygen atoms in total. The highest BCUT2D eigenvalue weighted by molar-refractivity contribution is 6.21. The zero-order valence-corrected chi connectivity index (χ0v) is 17.0. The smallest absolute Gasteiger partial charge is 0.261 e. The van der Waals surface area contributed by atoms with E-state index in [0.717, 1.165) is 15.8 Å². The number of hydrogen-bond donors (Lipinski definition) is 1. The van der Waals surface area contributed by atoms with Crippen molar-refractivity contribution in [3.05, 3.63) is 64.9 Å². The number of imide groups is 1. The van der Waals surface area contributed by atoms with Gasteiger partial charge in [-0.2, -0.15) is 0 Å². The van der Waals surface area contributed by atoms with Crippen molar-refractivity contribution in [1.82, 2.24) is 10.2 Å². The summed E-state index contributed by atoms with van der Waals surface area (Å²) in [5.41, 5.74) is 2.31. The van der Waals surface area contributed by atoms with Crippen molar-refractivity contribution in [3.63, 3.8) is 0 Å². The molecule has 1 atom stereocenters. The van der Waals surface area contributed by atoms with Gasteiger partial charge in [0, 0.05) is 18.4 Å². The summed E-state index contributed by atoms with van der Waals surface area (Å²) < 4.78 is 11.2. The number of carbonyl (C=O) groups is 3. The van der Waals surface area contributed by atoms with Crippen LogP contribution in [0.15, 0.2) is 46.9 Å². The van der Waals surface area contributed by atoms with E-state index >= 15 is 0 Å². The van der Waals surface area contributed by atoms with E-state index in [2.05, 4.69) is 5.32 Å². The molecule has 3 amide bonds. The number of para-hydroxylation sites is 1. The molecule has 0 bridgehead atoms. The Bertz CT molecular complexity index is 1160. The molecule has 1 aliphatic rings. The maximum atomic E-state index is 12.5. The van der Waals surface area contributed by atoms with Crippen LogP contribution in [-0.4, -0.2) is 36.3 Å². The lowest BCUT2D eigenvalue weighted by atomic mass is 10.1. The monoisotopic (exact) mass is 406 g/mol. The molecule has 3 aromatic rings. The number of ether oxygens (including phenoxy) is 1. The number of nitrogens with one attached hydrogen (secondary N) is 1. The van der Waals surface area contributed by atoms with Crippen LogP contribution in [-0.2, 0) is 4.79 Å². The van der Waals surface area contributed by atoms with Crippen LogP contribution in [0.25, 0.3) is 11.0 Å². The standard InChI is InChI=1S/C23H22N2O5/c1-13-7-8-16-17(11-13)23(28)25(22(16)27)10-9-20(26)24-14(2)19-12-15-5-4-6-18(29-3)21(15)30-19/h4-8,11-12,14H,9-10H2,1-3H3,(H,24,26). The van der Waals surface area contributed by atoms with Gasteiger partial charge < -0.3 is 14.5 Å². The summed E-state index contributed by atoms with van der Waals surface area (Å²) >= 11 is 0. The molecule has 1 aromatic heterocycles. The van der Waals surface area contributed by atoms with Crippen molar-refractivity contribution < 1.29 is 23.5 Å². The Morgan fingerprint density at radius 1 is 1.13 bits per heavy atom. The molecular formula is C23H22N2O5. The molecule has 7 heteroatoms. The van der Waals surface area contributed by atoms with E-state index in [1.807, 2.05) is 38.1 Å². The first kappa shape index (κ1) is 19.7. The molecule has 0 saturated carbocycles. The fourth-order valence-corrected chi connectivity index (χ4v) is 3.64. The number of hydrogen-bond acceptors (Lipinski definition) is 5. The molecule has 0 spiro atoms. The molecule has 1 N–H and O–H groups in total. The highest BCUT2D eigenvalue weighted by Gasteiger charge is 2.35. The van der Waals surface area contributed by atoms with Gasteiger partial charge in [0.15, 0.2) is 11.3 Å². The van der Waals surface area contributed by atoms with Gasteiger partial charge in [0.25, 0.3) is 11.8 Å². The molecule has 0 saturated heterocycles. The maximum absolute atomic E-state index is 12.5. The molecule has 154 valence electrons. The predicted molar refractivity (Wildman–Crippen MR) is 110 cm³/mol. The molecule has 2 heterocycles. The molecule has 30 heavy (non-hydrogen) atoms. The summed E-state index contributed by atoms with van der Waals surface area (Å²) in [7, 11) is 1.57. The zero-order chi connectivity index (χ0) is 21.4. The zero-order valence-electron chi connectivity index (χ0n) is 17.0. The third-order valence-electron chi connectivity index (χ3n) is 5.24. The second-order valence-corrected chi connectivity index (χ2v) is 7.38. The molecule has 2 aromatic carbocycles. The summed E-state index contributed by atoms with van der Waals surface area (Å²) in [6, 6.07) is 12.2. The molecule has 1 unspecified atom stereocenters. The van der Waals surface area contributed by atoms with Crippen LogP contribution >= 0.6 is 0 Å². The van der Waals surface area contributed by atoms with E-state index < -0.39 is 0 Å². The average Bonchev–Trinajstić information content (AvgIpc) is 3.26. The van der Waals surface area contributed by atoms with E-state index in [4.69, 9.17) is 9.15 Å². The van der Waals surface area contributed by atoms with Crippen molar-refractivity contribution in [2.45, 2.75) is 26.3 Å². The number of aryl methyl sites for hydroxylation is 1. The highest BCUT2D eigenvalue weighted by atomic mass is 16.5. The van der Waals surface area contributed by atoms with Crippen LogP contribution in [0.2, 0.25) is 0 Å². The van der Waals surface area contributed by atoms with Gasteiger partial charge in [-0.05, 0) is 38.1 Å². The quantitative estimate of drug-likeness (QED) is 0.632. The van der Waals surface area contributed by atoms with Crippen LogP contribution < -0.4 is 10.1 Å². The molecule has 1 aliphatic heterocycles. The maximum Gasteiger partial charge on any atom is 0.261 e. The van der Waals surface area contributed by atoms with Gasteiger partial charge in [0.2, 0.25) is 5.91 Å². The normalized spacial score (nSPS) is 14.2. The third-order valence-corrected chi connectivity index (χ3v) is 5.24. The molecule has 0 aliphatic carbocycles. The second-order valence-electron chi connectivity index (χ2n) is 7.38. The fourth-order valence-electron chi connectivity index (χ4n) is 3.64. The van der Waals surface area contributed by atoms with Crippen LogP contribution in [0.5, 0.6) is 5.75 Å². The van der Waals surface area contributed by atoms with Crippen molar-refractivity contribution in [2.24, 2.45) is 0 Å². The number of nitrogens with zero attached hydrogens (tertiary/aromatic N) is 1. The summed E-state index contributed by atoms with van der Waals surface area (Å²) in [5.74, 6) is 0.226. The Morgan fingerprint density at radius 2 is 1.90 bits per heavy atom. The van der Waals surface area contributed by atoms with Crippen LogP contribution in [0.4, 0.5) is 0 Å². The Hall–Kier alpha value is -3.61. The number of furan rings is 1. The summed E-state index contributed by atoms with van der Waals surface area (Å²) in [4.78, 5) is 38.6. The number of rotatable bonds is 6. The Labute approximate surface area is 173 Å². The van der Waals surface area contributed by atoms with Gasteiger partial charge in [0.05, 0.1) is 24.3 Å². The van der Waals surface area contributed by atoms with Gasteiger partial charge in [-0.1, -0.05) is 23.8 Å². The second kappa shape index (κ2) is 7.67. The Kier molecular flexibility index (Phi) is 5.03. The molecule has 4 rings (SSSR count). The van der Waals surface area contributed by atoms with E-state index in [1.165, 1.54) is 0 Å². The summed E-state index contributed by atoms with van der Waals surface area (Å²) in [6.45, 7) is 3.70. The number of carbonyl (C=O) groups excluding carboxylic acids is 3. The van der Waals surface area contributed by atoms with Gasteiger partial charge in [-0.15, -0.1) is 0 Å². The van der Waals surface area contributed by atoms with Gasteiger partial charge in [-0.25, -0.2) is 0 Å². The minimum absolute atomic E-state index is 0.0122. The number of fused-ring (bicyclic) bond motifs is 2. The number of benzene rings is 2. The van der Waals surface area contributed by atoms with Gasteiger partial charge >= 0.3 is 0 Å². The Morgan fingerprint density at radius 3 is 2.67 bits per heavy atom. The van der Waals surface area contributed by atoms with Crippen molar-refractivity contribution >= 4 is 28.7 Å². The minimum atomic E-state index is -0.376. The number of amides is 3. The van der Waals surface area contributed by atoms with Crippen LogP contribution in [0.3, 0.4) is 0 Å². The Balaban J connectivity index is 1.40. The van der Waals surface area contributed by atoms with E-state index in [-0.39, 0.29) is 36.7 Å². The fraction of sp³-hybridized carbons (Fsp3) is 0.261. The van der Waals surface area contributed by atoms with E-state index in [1.54, 1.807) is 25.3 Å². The lowest BCUT2D eigenvalue weighted by molar-refractivity contribution is -0.121. The first-order valence-corrected chi connectivity index (χ1v) is 9.71. The SMILES string of the molecule is COc1cccc2cc(C(C)NC(=O)CCN3C(=O)c4ccc(C)cc4C3=O)oc12. The lowest BCUT2D eigenvalue weighted by Gasteiger charge is -2.15. The number of methoxy groups -OCH3 is 1. The molecule has 0 radical (unpaired) electrons. The largest absolute Gasteiger partial charge is 0.493 e. The van der Waals surface area contributed by atoms with E-state index in [9.17, 15) is 14.4 Å². The average molecular weight is 406 g/mol. The van der Waals surface area contributed by atoms with Crippen molar-refractivity contribution in [2.75, 3.05) is 13.7 Å². The van der Waals surface area contributed by atoms with Crippen molar-refractivity contribution in [3.8, 4) is 5.75 Å². The topological polar surface area (TPSA) is 88.9 Å². The summed E-state index contributed by atoms with van der Waals surface area (Å²) in [6.07, 6.45) is 0.0122. The highest BCUT2D eigenvalue weighted by Crippen LogP contribution is 2.31. The molecular weight excluding hydrogens is 384 g/mol. The predicted octanol–water partition coefficient (Wildman–Crippen LogP) is 3.61.